The minimum atomic E-state index is -3.60. The van der Waals surface area contributed by atoms with Gasteiger partial charge in [0.1, 0.15) is 0 Å². The molecule has 0 heterocycles. The zero-order valence-corrected chi connectivity index (χ0v) is 13.8. The Morgan fingerprint density at radius 3 is 2.38 bits per heavy atom. The van der Waals surface area contributed by atoms with E-state index in [1.165, 1.54) is 0 Å². The van der Waals surface area contributed by atoms with Gasteiger partial charge in [0.25, 0.3) is 0 Å². The fraction of sp³-hybridized carbons (Fsp3) is 0.625. The van der Waals surface area contributed by atoms with E-state index >= 15 is 0 Å². The van der Waals surface area contributed by atoms with E-state index in [4.69, 9.17) is 0 Å². The van der Waals surface area contributed by atoms with Crippen molar-refractivity contribution in [1.82, 2.24) is 4.72 Å². The quantitative estimate of drug-likeness (QED) is 0.898. The Balaban J connectivity index is 2.25. The first-order valence-electron chi connectivity index (χ1n) is 7.50. The van der Waals surface area contributed by atoms with Gasteiger partial charge in [0.05, 0.1) is 17.0 Å². The van der Waals surface area contributed by atoms with E-state index in [0.29, 0.717) is 18.8 Å². The molecule has 0 aromatic heterocycles. The molecule has 0 unspecified atom stereocenters. The van der Waals surface area contributed by atoms with E-state index in [0.717, 1.165) is 24.0 Å². The van der Waals surface area contributed by atoms with E-state index in [1.807, 2.05) is 19.9 Å². The molecule has 1 aliphatic rings. The van der Waals surface area contributed by atoms with Gasteiger partial charge in [-0.15, -0.1) is 0 Å². The van der Waals surface area contributed by atoms with E-state index in [9.17, 15) is 13.5 Å². The lowest BCUT2D eigenvalue weighted by molar-refractivity contribution is 0.125. The standard InChI is InChI=1S/C16H25NO3S/c1-12-6-8-16(11-18,9-7-12)17-21(19,20)15-5-4-13(2)14(3)10-15/h4-5,10,12,17-18H,6-9,11H2,1-3H3. The van der Waals surface area contributed by atoms with Gasteiger partial charge in [-0.2, -0.15) is 0 Å². The number of aryl methyl sites for hydroxylation is 2. The third-order valence-corrected chi connectivity index (χ3v) is 6.25. The third-order valence-electron chi connectivity index (χ3n) is 4.67. The van der Waals surface area contributed by atoms with Crippen molar-refractivity contribution in [2.75, 3.05) is 6.61 Å². The lowest BCUT2D eigenvalue weighted by atomic mass is 9.78. The van der Waals surface area contributed by atoms with E-state index in [1.54, 1.807) is 12.1 Å². The van der Waals surface area contributed by atoms with E-state index < -0.39 is 15.6 Å². The molecule has 0 saturated heterocycles. The minimum absolute atomic E-state index is 0.149. The minimum Gasteiger partial charge on any atom is -0.394 e. The summed E-state index contributed by atoms with van der Waals surface area (Å²) in [5, 5.41) is 9.71. The molecule has 0 amide bonds. The number of sulfonamides is 1. The SMILES string of the molecule is Cc1ccc(S(=O)(=O)NC2(CO)CCC(C)CC2)cc1C. The Morgan fingerprint density at radius 1 is 1.24 bits per heavy atom. The zero-order chi connectivity index (χ0) is 15.7. The molecule has 0 radical (unpaired) electrons. The summed E-state index contributed by atoms with van der Waals surface area (Å²) in [6.45, 7) is 5.87. The Labute approximate surface area is 127 Å². The van der Waals surface area contributed by atoms with Crippen LogP contribution in [0.2, 0.25) is 0 Å². The lowest BCUT2D eigenvalue weighted by Crippen LogP contribution is -2.53. The van der Waals surface area contributed by atoms with Gasteiger partial charge in [-0.25, -0.2) is 13.1 Å². The molecule has 1 aromatic rings. The summed E-state index contributed by atoms with van der Waals surface area (Å²) in [4.78, 5) is 0.275. The van der Waals surface area contributed by atoms with Crippen LogP contribution in [0.25, 0.3) is 0 Å². The van der Waals surface area contributed by atoms with Gasteiger partial charge >= 0.3 is 0 Å². The Hall–Kier alpha value is -0.910. The number of benzene rings is 1. The van der Waals surface area contributed by atoms with Crippen molar-refractivity contribution >= 4 is 10.0 Å². The average Bonchev–Trinajstić information content (AvgIpc) is 2.44. The molecule has 0 atom stereocenters. The van der Waals surface area contributed by atoms with Crippen molar-refractivity contribution in [2.24, 2.45) is 5.92 Å². The molecular weight excluding hydrogens is 286 g/mol. The van der Waals surface area contributed by atoms with Crippen LogP contribution < -0.4 is 4.72 Å². The third kappa shape index (κ3) is 3.65. The summed E-state index contributed by atoms with van der Waals surface area (Å²) in [6, 6.07) is 5.13. The van der Waals surface area contributed by atoms with Crippen LogP contribution in [0.3, 0.4) is 0 Å². The first-order chi connectivity index (χ1) is 9.78. The van der Waals surface area contributed by atoms with Gasteiger partial charge in [-0.3, -0.25) is 0 Å². The Kier molecular flexibility index (Phi) is 4.76. The predicted molar refractivity (Wildman–Crippen MR) is 83.7 cm³/mol. The van der Waals surface area contributed by atoms with Gasteiger partial charge in [-0.1, -0.05) is 13.0 Å². The number of aliphatic hydroxyl groups is 1. The second-order valence-electron chi connectivity index (χ2n) is 6.47. The van der Waals surface area contributed by atoms with Gasteiger partial charge in [-0.05, 0) is 68.7 Å². The molecular formula is C16H25NO3S. The summed E-state index contributed by atoms with van der Waals surface area (Å²) in [5.41, 5.74) is 1.31. The molecule has 0 aliphatic heterocycles. The van der Waals surface area contributed by atoms with Crippen molar-refractivity contribution in [3.63, 3.8) is 0 Å². The molecule has 5 heteroatoms. The van der Waals surface area contributed by atoms with Crippen molar-refractivity contribution in [1.29, 1.82) is 0 Å². The zero-order valence-electron chi connectivity index (χ0n) is 13.0. The molecule has 4 nitrogen and oxygen atoms in total. The number of aliphatic hydroxyl groups excluding tert-OH is 1. The van der Waals surface area contributed by atoms with Crippen LogP contribution in [0.1, 0.15) is 43.7 Å². The highest BCUT2D eigenvalue weighted by Gasteiger charge is 2.37. The number of hydrogen-bond acceptors (Lipinski definition) is 3. The molecule has 1 aliphatic carbocycles. The highest BCUT2D eigenvalue weighted by Crippen LogP contribution is 2.33. The Bertz CT molecular complexity index is 602. The normalized spacial score (nSPS) is 26.8. The molecule has 1 saturated carbocycles. The summed E-state index contributed by atoms with van der Waals surface area (Å²) in [5.74, 6) is 0.593. The maximum Gasteiger partial charge on any atom is 0.241 e. The second kappa shape index (κ2) is 6.07. The average molecular weight is 311 g/mol. The highest BCUT2D eigenvalue weighted by molar-refractivity contribution is 7.89. The maximum atomic E-state index is 12.6. The number of rotatable bonds is 4. The first kappa shape index (κ1) is 16.5. The fourth-order valence-electron chi connectivity index (χ4n) is 2.83. The molecule has 118 valence electrons. The molecule has 1 aromatic carbocycles. The van der Waals surface area contributed by atoms with Gasteiger partial charge < -0.3 is 5.11 Å². The molecule has 0 bridgehead atoms. The van der Waals surface area contributed by atoms with Crippen LogP contribution >= 0.6 is 0 Å². The van der Waals surface area contributed by atoms with Gasteiger partial charge in [0.2, 0.25) is 10.0 Å². The van der Waals surface area contributed by atoms with Crippen LogP contribution in [0.4, 0.5) is 0 Å². The number of hydrogen-bond donors (Lipinski definition) is 2. The van der Waals surface area contributed by atoms with Crippen LogP contribution in [0.15, 0.2) is 23.1 Å². The van der Waals surface area contributed by atoms with Crippen LogP contribution in [-0.4, -0.2) is 25.7 Å². The molecule has 21 heavy (non-hydrogen) atoms. The topological polar surface area (TPSA) is 66.4 Å². The van der Waals surface area contributed by atoms with E-state index in [-0.39, 0.29) is 11.5 Å². The van der Waals surface area contributed by atoms with Crippen LogP contribution in [-0.2, 0) is 10.0 Å². The van der Waals surface area contributed by atoms with Gasteiger partial charge in [0, 0.05) is 0 Å². The summed E-state index contributed by atoms with van der Waals surface area (Å²) < 4.78 is 27.9. The second-order valence-corrected chi connectivity index (χ2v) is 8.15. The summed E-state index contributed by atoms with van der Waals surface area (Å²) in [7, 11) is -3.60. The van der Waals surface area contributed by atoms with Crippen molar-refractivity contribution in [3.05, 3.63) is 29.3 Å². The maximum absolute atomic E-state index is 12.6. The fourth-order valence-corrected chi connectivity index (χ4v) is 4.37. The van der Waals surface area contributed by atoms with Crippen LogP contribution in [0.5, 0.6) is 0 Å². The van der Waals surface area contributed by atoms with Gasteiger partial charge in [0.15, 0.2) is 0 Å². The molecule has 1 fully saturated rings. The molecule has 2 rings (SSSR count). The summed E-state index contributed by atoms with van der Waals surface area (Å²) in [6.07, 6.45) is 3.26. The smallest absolute Gasteiger partial charge is 0.241 e. The monoisotopic (exact) mass is 311 g/mol. The Morgan fingerprint density at radius 2 is 1.86 bits per heavy atom. The van der Waals surface area contributed by atoms with Crippen molar-refractivity contribution in [2.45, 2.75) is 56.9 Å². The molecule has 0 spiro atoms. The van der Waals surface area contributed by atoms with Crippen LogP contribution in [0, 0.1) is 19.8 Å². The first-order valence-corrected chi connectivity index (χ1v) is 8.98. The highest BCUT2D eigenvalue weighted by atomic mass is 32.2. The summed E-state index contributed by atoms with van der Waals surface area (Å²) >= 11 is 0. The number of nitrogens with one attached hydrogen (secondary N) is 1. The molecule has 2 N–H and O–H groups in total. The van der Waals surface area contributed by atoms with Crippen molar-refractivity contribution in [3.8, 4) is 0 Å². The van der Waals surface area contributed by atoms with Crippen molar-refractivity contribution < 1.29 is 13.5 Å². The largest absolute Gasteiger partial charge is 0.394 e. The lowest BCUT2D eigenvalue weighted by Gasteiger charge is -2.38. The predicted octanol–water partition coefficient (Wildman–Crippen LogP) is 2.52. The van der Waals surface area contributed by atoms with E-state index in [2.05, 4.69) is 11.6 Å².